The van der Waals surface area contributed by atoms with Gasteiger partial charge in [0.1, 0.15) is 5.75 Å². The van der Waals surface area contributed by atoms with Gasteiger partial charge in [-0.3, -0.25) is 14.4 Å². The van der Waals surface area contributed by atoms with E-state index >= 15 is 0 Å². The number of carbonyl (C=O) groups is 3. The van der Waals surface area contributed by atoms with Crippen LogP contribution in [-0.2, 0) is 17.6 Å². The fourth-order valence-corrected chi connectivity index (χ4v) is 4.25. The normalized spacial score (nSPS) is 15.7. The molecule has 1 aliphatic heterocycles. The van der Waals surface area contributed by atoms with Crippen molar-refractivity contribution in [3.63, 3.8) is 0 Å². The van der Waals surface area contributed by atoms with Crippen LogP contribution >= 0.6 is 0 Å². The molecule has 30 heavy (non-hydrogen) atoms. The molecule has 4 rings (SSSR count). The Morgan fingerprint density at radius 2 is 1.53 bits per heavy atom. The molecule has 6 nitrogen and oxygen atoms in total. The molecule has 0 spiro atoms. The van der Waals surface area contributed by atoms with Gasteiger partial charge < -0.3 is 14.9 Å². The molecule has 6 heteroatoms. The number of hydrogen-bond donors (Lipinski definition) is 1. The van der Waals surface area contributed by atoms with Gasteiger partial charge >= 0.3 is 0 Å². The van der Waals surface area contributed by atoms with Crippen molar-refractivity contribution in [2.75, 3.05) is 26.2 Å². The summed E-state index contributed by atoms with van der Waals surface area (Å²) in [5, 5.41) is 9.88. The summed E-state index contributed by atoms with van der Waals surface area (Å²) in [5.41, 5.74) is 3.56. The third-order valence-corrected chi connectivity index (χ3v) is 6.04. The van der Waals surface area contributed by atoms with Gasteiger partial charge in [0.2, 0.25) is 5.91 Å². The highest BCUT2D eigenvalue weighted by atomic mass is 16.3. The van der Waals surface area contributed by atoms with Crippen molar-refractivity contribution in [2.24, 2.45) is 0 Å². The zero-order valence-electron chi connectivity index (χ0n) is 17.0. The molecule has 2 aromatic rings. The molecular formula is C24H26N2O4. The molecule has 2 aliphatic rings. The number of ketones is 1. The van der Waals surface area contributed by atoms with Crippen molar-refractivity contribution in [3.05, 3.63) is 64.7 Å². The Morgan fingerprint density at radius 3 is 2.30 bits per heavy atom. The number of rotatable bonds is 5. The number of hydrogen-bond acceptors (Lipinski definition) is 4. The van der Waals surface area contributed by atoms with Crippen molar-refractivity contribution < 1.29 is 19.5 Å². The van der Waals surface area contributed by atoms with E-state index in [1.807, 2.05) is 18.2 Å². The highest BCUT2D eigenvalue weighted by molar-refractivity contribution is 5.98. The van der Waals surface area contributed by atoms with E-state index in [2.05, 4.69) is 0 Å². The van der Waals surface area contributed by atoms with Crippen LogP contribution in [-0.4, -0.2) is 58.7 Å². The van der Waals surface area contributed by atoms with Crippen molar-refractivity contribution in [3.8, 4) is 5.75 Å². The highest BCUT2D eigenvalue weighted by Gasteiger charge is 2.26. The second kappa shape index (κ2) is 8.69. The van der Waals surface area contributed by atoms with E-state index in [0.717, 1.165) is 19.3 Å². The molecule has 1 saturated heterocycles. The number of aromatic hydroxyl groups is 1. The molecule has 0 saturated carbocycles. The number of aryl methyl sites for hydroxylation is 2. The van der Waals surface area contributed by atoms with Crippen LogP contribution in [0.1, 0.15) is 51.1 Å². The average molecular weight is 406 g/mol. The van der Waals surface area contributed by atoms with E-state index in [1.165, 1.54) is 17.2 Å². The molecule has 1 N–H and O–H groups in total. The minimum absolute atomic E-state index is 0.00594. The number of Topliss-reactive ketones (excluding diaryl/α,β-unsaturated/α-hetero) is 1. The fraction of sp³-hybridized carbons (Fsp3) is 0.375. The van der Waals surface area contributed by atoms with Gasteiger partial charge in [-0.25, -0.2) is 0 Å². The van der Waals surface area contributed by atoms with Crippen LogP contribution in [0.3, 0.4) is 0 Å². The molecule has 0 unspecified atom stereocenters. The van der Waals surface area contributed by atoms with Crippen LogP contribution < -0.4 is 0 Å². The first kappa shape index (κ1) is 20.1. The summed E-state index contributed by atoms with van der Waals surface area (Å²) in [7, 11) is 0. The highest BCUT2D eigenvalue weighted by Crippen LogP contribution is 2.24. The number of amides is 2. The first-order valence-electron chi connectivity index (χ1n) is 10.5. The molecule has 0 radical (unpaired) electrons. The third kappa shape index (κ3) is 4.22. The number of piperazine rings is 1. The predicted molar refractivity (Wildman–Crippen MR) is 113 cm³/mol. The van der Waals surface area contributed by atoms with Crippen LogP contribution in [0.5, 0.6) is 5.75 Å². The van der Waals surface area contributed by atoms with Gasteiger partial charge in [-0.2, -0.15) is 0 Å². The number of fused-ring (bicyclic) bond motifs is 1. The van der Waals surface area contributed by atoms with Gasteiger partial charge in [0, 0.05) is 44.6 Å². The van der Waals surface area contributed by atoms with Crippen molar-refractivity contribution >= 4 is 17.6 Å². The maximum atomic E-state index is 12.6. The van der Waals surface area contributed by atoms with E-state index in [1.54, 1.807) is 28.0 Å². The van der Waals surface area contributed by atoms with Gasteiger partial charge in [-0.15, -0.1) is 0 Å². The topological polar surface area (TPSA) is 77.9 Å². The molecule has 1 fully saturated rings. The Labute approximate surface area is 176 Å². The zero-order valence-corrected chi connectivity index (χ0v) is 17.0. The van der Waals surface area contributed by atoms with Crippen molar-refractivity contribution in [1.29, 1.82) is 0 Å². The molecule has 2 amide bonds. The quantitative estimate of drug-likeness (QED) is 0.775. The maximum Gasteiger partial charge on any atom is 0.257 e. The minimum atomic E-state index is -0.230. The van der Waals surface area contributed by atoms with Gasteiger partial charge in [0.25, 0.3) is 5.91 Å². The fourth-order valence-electron chi connectivity index (χ4n) is 4.25. The van der Waals surface area contributed by atoms with E-state index in [4.69, 9.17) is 0 Å². The zero-order chi connectivity index (χ0) is 21.1. The van der Waals surface area contributed by atoms with Gasteiger partial charge in [-0.1, -0.05) is 24.3 Å². The summed E-state index contributed by atoms with van der Waals surface area (Å²) >= 11 is 0. The standard InChI is InChI=1S/C24H26N2O4/c27-21(19-9-8-17-4-3-5-18(17)16-19)10-11-23(29)25-12-14-26(15-13-25)24(30)20-6-1-2-7-22(20)28/h1-2,6-9,16,28H,3-5,10-15H2. The van der Waals surface area contributed by atoms with Crippen LogP contribution in [0.2, 0.25) is 0 Å². The van der Waals surface area contributed by atoms with Gasteiger partial charge in [0.15, 0.2) is 5.78 Å². The number of nitrogens with zero attached hydrogens (tertiary/aromatic N) is 2. The second-order valence-electron chi connectivity index (χ2n) is 7.95. The second-order valence-corrected chi connectivity index (χ2v) is 7.95. The predicted octanol–water partition coefficient (Wildman–Crippen LogP) is 2.83. The summed E-state index contributed by atoms with van der Waals surface area (Å²) in [4.78, 5) is 41.0. The number of carbonyl (C=O) groups excluding carboxylic acids is 3. The van der Waals surface area contributed by atoms with E-state index in [-0.39, 0.29) is 41.8 Å². The molecule has 1 aliphatic carbocycles. The smallest absolute Gasteiger partial charge is 0.257 e. The Bertz CT molecular complexity index is 977. The Balaban J connectivity index is 1.27. The molecule has 0 aromatic heterocycles. The molecule has 156 valence electrons. The summed E-state index contributed by atoms with van der Waals surface area (Å²) < 4.78 is 0. The number of para-hydroxylation sites is 1. The molecule has 0 atom stereocenters. The minimum Gasteiger partial charge on any atom is -0.507 e. The maximum absolute atomic E-state index is 12.6. The molecular weight excluding hydrogens is 380 g/mol. The largest absolute Gasteiger partial charge is 0.507 e. The first-order chi connectivity index (χ1) is 14.5. The summed E-state index contributed by atoms with van der Waals surface area (Å²) in [6.45, 7) is 1.70. The number of phenols is 1. The van der Waals surface area contributed by atoms with Crippen LogP contribution in [0, 0.1) is 0 Å². The lowest BCUT2D eigenvalue weighted by atomic mass is 10.0. The van der Waals surface area contributed by atoms with Crippen LogP contribution in [0.25, 0.3) is 0 Å². The number of phenolic OH excluding ortho intramolecular Hbond substituents is 1. The summed E-state index contributed by atoms with van der Waals surface area (Å²) in [5.74, 6) is -0.316. The van der Waals surface area contributed by atoms with Gasteiger partial charge in [-0.05, 0) is 48.6 Å². The Kier molecular flexibility index (Phi) is 5.84. The Morgan fingerprint density at radius 1 is 0.833 bits per heavy atom. The summed E-state index contributed by atoms with van der Waals surface area (Å²) in [6, 6.07) is 12.4. The monoisotopic (exact) mass is 406 g/mol. The SMILES string of the molecule is O=C(CCC(=O)N1CCN(C(=O)c2ccccc2O)CC1)c1ccc2c(c1)CCC2. The lowest BCUT2D eigenvalue weighted by molar-refractivity contribution is -0.132. The van der Waals surface area contributed by atoms with Crippen LogP contribution in [0.15, 0.2) is 42.5 Å². The number of benzene rings is 2. The van der Waals surface area contributed by atoms with Crippen molar-refractivity contribution in [1.82, 2.24) is 9.80 Å². The van der Waals surface area contributed by atoms with E-state index < -0.39 is 0 Å². The van der Waals surface area contributed by atoms with Crippen molar-refractivity contribution in [2.45, 2.75) is 32.1 Å². The first-order valence-corrected chi connectivity index (χ1v) is 10.5. The lowest BCUT2D eigenvalue weighted by Gasteiger charge is -2.35. The van der Waals surface area contributed by atoms with E-state index in [9.17, 15) is 19.5 Å². The molecule has 0 bridgehead atoms. The van der Waals surface area contributed by atoms with E-state index in [0.29, 0.717) is 31.7 Å². The van der Waals surface area contributed by atoms with Gasteiger partial charge in [0.05, 0.1) is 5.56 Å². The lowest BCUT2D eigenvalue weighted by Crippen LogP contribution is -2.50. The average Bonchev–Trinajstić information content (AvgIpc) is 3.25. The molecule has 2 aromatic carbocycles. The third-order valence-electron chi connectivity index (χ3n) is 6.04. The van der Waals surface area contributed by atoms with Crippen LogP contribution in [0.4, 0.5) is 0 Å². The summed E-state index contributed by atoms with van der Waals surface area (Å²) in [6.07, 6.45) is 3.64. The molecule has 1 heterocycles. The Hall–Kier alpha value is -3.15.